The van der Waals surface area contributed by atoms with Crippen molar-refractivity contribution in [1.29, 1.82) is 0 Å². The van der Waals surface area contributed by atoms with Crippen LogP contribution < -0.4 is 10.2 Å². The molecule has 9 heteroatoms. The molecule has 3 aromatic rings. The van der Waals surface area contributed by atoms with E-state index in [0.717, 1.165) is 9.35 Å². The Morgan fingerprint density at radius 2 is 2.11 bits per heavy atom. The van der Waals surface area contributed by atoms with Crippen LogP contribution in [0.25, 0.3) is 0 Å². The Hall–Kier alpha value is -2.23. The van der Waals surface area contributed by atoms with Crippen molar-refractivity contribution in [2.24, 2.45) is 5.10 Å². The van der Waals surface area contributed by atoms with Crippen molar-refractivity contribution >= 4 is 61.3 Å². The van der Waals surface area contributed by atoms with Crippen LogP contribution in [0, 0.1) is 0 Å². The highest BCUT2D eigenvalue weighted by Crippen LogP contribution is 2.32. The van der Waals surface area contributed by atoms with Crippen molar-refractivity contribution in [3.8, 4) is 5.75 Å². The molecule has 27 heavy (non-hydrogen) atoms. The number of benzene rings is 1. The number of carbonyl (C=O) groups excluding carboxylic acids is 2. The molecule has 2 heterocycles. The van der Waals surface area contributed by atoms with Gasteiger partial charge in [-0.2, -0.15) is 5.10 Å². The Labute approximate surface area is 175 Å². The first-order valence-corrected chi connectivity index (χ1v) is 10.1. The van der Waals surface area contributed by atoms with Crippen LogP contribution in [0.1, 0.15) is 21.0 Å². The van der Waals surface area contributed by atoms with E-state index in [0.29, 0.717) is 10.0 Å². The Bertz CT molecular complexity index is 970. The lowest BCUT2D eigenvalue weighted by atomic mass is 10.2. The zero-order valence-corrected chi connectivity index (χ0v) is 17.6. The van der Waals surface area contributed by atoms with Crippen LogP contribution in [-0.4, -0.2) is 18.1 Å². The molecule has 0 atom stereocenters. The molecule has 0 fully saturated rings. The normalized spacial score (nSPS) is 10.9. The second-order valence-corrected chi connectivity index (χ2v) is 8.02. The second kappa shape index (κ2) is 9.12. The highest BCUT2D eigenvalue weighted by molar-refractivity contribution is 9.11. The Kier molecular flexibility index (Phi) is 6.59. The highest BCUT2D eigenvalue weighted by atomic mass is 79.9. The van der Waals surface area contributed by atoms with E-state index >= 15 is 0 Å². The molecule has 0 aliphatic heterocycles. The molecule has 1 aromatic carbocycles. The first-order chi connectivity index (χ1) is 13.0. The topological polar surface area (TPSA) is 80.9 Å². The lowest BCUT2D eigenvalue weighted by Gasteiger charge is -2.09. The smallest absolute Gasteiger partial charge is 0.379 e. The number of rotatable bonds is 6. The van der Waals surface area contributed by atoms with Gasteiger partial charge < -0.3 is 9.15 Å². The van der Waals surface area contributed by atoms with Gasteiger partial charge in [0.2, 0.25) is 11.7 Å². The Balaban J connectivity index is 1.73. The molecule has 0 radical (unpaired) electrons. The van der Waals surface area contributed by atoms with Crippen LogP contribution in [0.5, 0.6) is 5.75 Å². The van der Waals surface area contributed by atoms with Gasteiger partial charge in [0.25, 0.3) is 0 Å². The number of hydrogen-bond donors (Lipinski definition) is 1. The average Bonchev–Trinajstić information content (AvgIpc) is 3.31. The van der Waals surface area contributed by atoms with Crippen LogP contribution in [0.15, 0.2) is 66.5 Å². The van der Waals surface area contributed by atoms with Gasteiger partial charge in [-0.25, -0.2) is 10.2 Å². The van der Waals surface area contributed by atoms with Crippen molar-refractivity contribution < 1.29 is 18.7 Å². The number of furan rings is 1. The quantitative estimate of drug-likeness (QED) is 0.223. The zero-order valence-electron chi connectivity index (χ0n) is 13.6. The first kappa shape index (κ1) is 19.5. The number of thiophene rings is 1. The van der Waals surface area contributed by atoms with Crippen LogP contribution in [0.2, 0.25) is 0 Å². The van der Waals surface area contributed by atoms with E-state index in [1.165, 1.54) is 29.9 Å². The molecule has 0 spiro atoms. The van der Waals surface area contributed by atoms with E-state index in [9.17, 15) is 9.59 Å². The van der Waals surface area contributed by atoms with Gasteiger partial charge >= 0.3 is 5.97 Å². The maximum Gasteiger partial charge on any atom is 0.379 e. The van der Waals surface area contributed by atoms with Gasteiger partial charge in [0.1, 0.15) is 0 Å². The lowest BCUT2D eigenvalue weighted by molar-refractivity contribution is -0.120. The minimum atomic E-state index is -0.639. The summed E-state index contributed by atoms with van der Waals surface area (Å²) in [7, 11) is 0. The summed E-state index contributed by atoms with van der Waals surface area (Å²) in [5, 5.41) is 5.87. The van der Waals surface area contributed by atoms with Gasteiger partial charge in [0.15, 0.2) is 5.75 Å². The molecule has 0 saturated carbocycles. The molecular formula is C18H12Br2N2O4S. The van der Waals surface area contributed by atoms with E-state index < -0.39 is 5.97 Å². The molecule has 138 valence electrons. The minimum Gasteiger partial charge on any atom is -0.457 e. The van der Waals surface area contributed by atoms with Gasteiger partial charge in [-0.3, -0.25) is 4.79 Å². The van der Waals surface area contributed by atoms with Crippen molar-refractivity contribution in [2.75, 3.05) is 0 Å². The standard InChI is InChI=1S/C18H12Br2N2O4S/c19-12-7-11(10-21-22-16(23)9-13-3-2-6-27-13)17(14(20)8-12)26-18(24)15-4-1-5-25-15/h1-8,10H,9H2,(H,22,23). The highest BCUT2D eigenvalue weighted by Gasteiger charge is 2.17. The molecule has 0 saturated heterocycles. The number of halogens is 2. The summed E-state index contributed by atoms with van der Waals surface area (Å²) in [6, 6.07) is 10.3. The van der Waals surface area contributed by atoms with Gasteiger partial charge in [-0.05, 0) is 51.6 Å². The molecule has 6 nitrogen and oxygen atoms in total. The summed E-state index contributed by atoms with van der Waals surface area (Å²) in [4.78, 5) is 25.0. The number of hydrogen-bond acceptors (Lipinski definition) is 6. The number of amides is 1. The summed E-state index contributed by atoms with van der Waals surface area (Å²) in [5.41, 5.74) is 2.96. The third-order valence-electron chi connectivity index (χ3n) is 3.26. The second-order valence-electron chi connectivity index (χ2n) is 5.22. The monoisotopic (exact) mass is 510 g/mol. The van der Waals surface area contributed by atoms with Gasteiger partial charge in [0, 0.05) is 14.9 Å². The maximum atomic E-state index is 12.2. The predicted molar refractivity (Wildman–Crippen MR) is 109 cm³/mol. The molecule has 0 aliphatic carbocycles. The predicted octanol–water partition coefficient (Wildman–Crippen LogP) is 4.78. The number of esters is 1. The number of ether oxygens (including phenoxy) is 1. The number of carbonyl (C=O) groups is 2. The van der Waals surface area contributed by atoms with E-state index in [4.69, 9.17) is 9.15 Å². The number of nitrogens with one attached hydrogen (secondary N) is 1. The van der Waals surface area contributed by atoms with Gasteiger partial charge in [0.05, 0.1) is 23.4 Å². The molecule has 3 rings (SSSR count). The number of nitrogens with zero attached hydrogens (tertiary/aromatic N) is 1. The summed E-state index contributed by atoms with van der Waals surface area (Å²) in [6.45, 7) is 0. The van der Waals surface area contributed by atoms with Crippen molar-refractivity contribution in [3.05, 3.63) is 73.2 Å². The molecule has 0 unspecified atom stereocenters. The fourth-order valence-electron chi connectivity index (χ4n) is 2.11. The van der Waals surface area contributed by atoms with Gasteiger partial charge in [-0.15, -0.1) is 11.3 Å². The molecule has 1 N–H and O–H groups in total. The van der Waals surface area contributed by atoms with Gasteiger partial charge in [-0.1, -0.05) is 22.0 Å². The third-order valence-corrected chi connectivity index (χ3v) is 5.19. The molecular weight excluding hydrogens is 500 g/mol. The maximum absolute atomic E-state index is 12.2. The summed E-state index contributed by atoms with van der Waals surface area (Å²) < 4.78 is 11.8. The van der Waals surface area contributed by atoms with Crippen LogP contribution >= 0.6 is 43.2 Å². The summed E-state index contributed by atoms with van der Waals surface area (Å²) in [6.07, 6.45) is 3.04. The SMILES string of the molecule is O=C(Cc1cccs1)NN=Cc1cc(Br)cc(Br)c1OC(=O)c1ccco1. The van der Waals surface area contributed by atoms with Crippen molar-refractivity contribution in [1.82, 2.24) is 5.43 Å². The van der Waals surface area contributed by atoms with E-state index in [1.807, 2.05) is 17.5 Å². The van der Waals surface area contributed by atoms with Crippen LogP contribution in [0.4, 0.5) is 0 Å². The Morgan fingerprint density at radius 1 is 1.26 bits per heavy atom. The molecule has 0 bridgehead atoms. The summed E-state index contributed by atoms with van der Waals surface area (Å²) >= 11 is 8.24. The van der Waals surface area contributed by atoms with E-state index in [2.05, 4.69) is 42.4 Å². The van der Waals surface area contributed by atoms with E-state index in [-0.39, 0.29) is 23.8 Å². The number of hydrazone groups is 1. The molecule has 0 aliphatic rings. The van der Waals surface area contributed by atoms with Crippen molar-refractivity contribution in [2.45, 2.75) is 6.42 Å². The Morgan fingerprint density at radius 3 is 2.81 bits per heavy atom. The zero-order chi connectivity index (χ0) is 19.2. The fourth-order valence-corrected chi connectivity index (χ4v) is 4.15. The van der Waals surface area contributed by atoms with Crippen LogP contribution in [0.3, 0.4) is 0 Å². The van der Waals surface area contributed by atoms with E-state index in [1.54, 1.807) is 18.2 Å². The summed E-state index contributed by atoms with van der Waals surface area (Å²) in [5.74, 6) is -0.538. The minimum absolute atomic E-state index is 0.0805. The first-order valence-electron chi connectivity index (χ1n) is 7.62. The fraction of sp³-hybridized carbons (Fsp3) is 0.0556. The average molecular weight is 512 g/mol. The van der Waals surface area contributed by atoms with Crippen molar-refractivity contribution in [3.63, 3.8) is 0 Å². The molecule has 2 aromatic heterocycles. The third kappa shape index (κ3) is 5.38. The van der Waals surface area contributed by atoms with Crippen LogP contribution in [-0.2, 0) is 11.2 Å². The lowest BCUT2D eigenvalue weighted by Crippen LogP contribution is -2.19. The molecule has 1 amide bonds. The largest absolute Gasteiger partial charge is 0.457 e.